The number of imide groups is 1. The number of carbonyl (C=O) groups excluding carboxylic acids is 4. The number of hydrogen-bond acceptors (Lipinski definition) is 7. The highest BCUT2D eigenvalue weighted by molar-refractivity contribution is 6.21. The Morgan fingerprint density at radius 1 is 1.13 bits per heavy atom. The first kappa shape index (κ1) is 20.2. The van der Waals surface area contributed by atoms with E-state index in [9.17, 15) is 29.3 Å². The zero-order chi connectivity index (χ0) is 22.3. The van der Waals surface area contributed by atoms with Crippen LogP contribution in [-0.2, 0) is 14.3 Å². The number of anilines is 1. The molecule has 31 heavy (non-hydrogen) atoms. The number of nitro benzene ring substituents is 1. The van der Waals surface area contributed by atoms with E-state index in [1.807, 2.05) is 0 Å². The summed E-state index contributed by atoms with van der Waals surface area (Å²) in [5.74, 6) is -3.02. The lowest BCUT2D eigenvalue weighted by Gasteiger charge is -2.18. The van der Waals surface area contributed by atoms with Gasteiger partial charge in [-0.25, -0.2) is 4.90 Å². The molecule has 1 atom stereocenters. The van der Waals surface area contributed by atoms with Crippen molar-refractivity contribution >= 4 is 35.1 Å². The number of nitro groups is 1. The molecule has 10 nitrogen and oxygen atoms in total. The third-order valence-electron chi connectivity index (χ3n) is 5.37. The van der Waals surface area contributed by atoms with E-state index in [-0.39, 0.29) is 35.7 Å². The highest BCUT2D eigenvalue weighted by Crippen LogP contribution is 2.30. The minimum Gasteiger partial charge on any atom is -0.443 e. The zero-order valence-corrected chi connectivity index (χ0v) is 16.4. The molecule has 0 saturated carbocycles. The van der Waals surface area contributed by atoms with Crippen molar-refractivity contribution in [3.05, 3.63) is 69.3 Å². The molecule has 2 aliphatic heterocycles. The quantitative estimate of drug-likeness (QED) is 0.312. The van der Waals surface area contributed by atoms with Crippen molar-refractivity contribution in [1.29, 1.82) is 0 Å². The zero-order valence-electron chi connectivity index (χ0n) is 16.4. The topological polar surface area (TPSA) is 127 Å². The second-order valence-electron chi connectivity index (χ2n) is 7.31. The van der Waals surface area contributed by atoms with Crippen molar-refractivity contribution in [2.75, 3.05) is 18.2 Å². The van der Waals surface area contributed by atoms with Gasteiger partial charge in [-0.1, -0.05) is 18.2 Å². The van der Waals surface area contributed by atoms with Gasteiger partial charge in [0.15, 0.2) is 6.73 Å². The van der Waals surface area contributed by atoms with Gasteiger partial charge in [0.1, 0.15) is 0 Å². The third kappa shape index (κ3) is 3.52. The van der Waals surface area contributed by atoms with E-state index in [2.05, 4.69) is 0 Å². The van der Waals surface area contributed by atoms with Crippen LogP contribution >= 0.6 is 0 Å². The van der Waals surface area contributed by atoms with Crippen LogP contribution in [0.3, 0.4) is 0 Å². The van der Waals surface area contributed by atoms with Crippen LogP contribution in [0, 0.1) is 23.0 Å². The van der Waals surface area contributed by atoms with E-state index in [4.69, 9.17) is 4.74 Å². The van der Waals surface area contributed by atoms with Crippen LogP contribution in [0.5, 0.6) is 0 Å². The molecule has 0 aliphatic carbocycles. The van der Waals surface area contributed by atoms with Gasteiger partial charge in [0.05, 0.1) is 27.7 Å². The number of nitrogens with zero attached hydrogens (tertiary/aromatic N) is 3. The fourth-order valence-electron chi connectivity index (χ4n) is 3.68. The minimum absolute atomic E-state index is 0.0139. The second kappa shape index (κ2) is 7.63. The van der Waals surface area contributed by atoms with E-state index >= 15 is 0 Å². The van der Waals surface area contributed by atoms with Gasteiger partial charge >= 0.3 is 5.97 Å². The number of carbonyl (C=O) groups is 4. The van der Waals surface area contributed by atoms with Gasteiger partial charge in [-0.3, -0.25) is 29.3 Å². The first-order valence-electron chi connectivity index (χ1n) is 9.45. The molecule has 0 aromatic heterocycles. The number of aryl methyl sites for hydroxylation is 1. The van der Waals surface area contributed by atoms with Crippen molar-refractivity contribution in [3.8, 4) is 0 Å². The van der Waals surface area contributed by atoms with E-state index < -0.39 is 35.4 Å². The van der Waals surface area contributed by atoms with Gasteiger partial charge in [0.2, 0.25) is 5.91 Å². The van der Waals surface area contributed by atoms with Crippen LogP contribution < -0.4 is 4.90 Å². The van der Waals surface area contributed by atoms with Crippen LogP contribution in [0.4, 0.5) is 11.4 Å². The highest BCUT2D eigenvalue weighted by Gasteiger charge is 2.39. The number of ether oxygens (including phenoxy) is 1. The highest BCUT2D eigenvalue weighted by atomic mass is 16.6. The summed E-state index contributed by atoms with van der Waals surface area (Å²) in [5.41, 5.74) is 1.13. The maximum atomic E-state index is 12.5. The molecule has 1 fully saturated rings. The van der Waals surface area contributed by atoms with Crippen LogP contribution in [0.15, 0.2) is 42.5 Å². The fourth-order valence-corrected chi connectivity index (χ4v) is 3.68. The summed E-state index contributed by atoms with van der Waals surface area (Å²) in [6.07, 6.45) is -0.136. The second-order valence-corrected chi connectivity index (χ2v) is 7.31. The van der Waals surface area contributed by atoms with Gasteiger partial charge < -0.3 is 9.64 Å². The number of esters is 1. The molecule has 3 amide bonds. The largest absolute Gasteiger partial charge is 0.443 e. The maximum Gasteiger partial charge on any atom is 0.313 e. The third-order valence-corrected chi connectivity index (χ3v) is 5.37. The predicted octanol–water partition coefficient (Wildman–Crippen LogP) is 2.05. The summed E-state index contributed by atoms with van der Waals surface area (Å²) < 4.78 is 5.15. The average molecular weight is 423 g/mol. The molecule has 1 saturated heterocycles. The number of rotatable bonds is 5. The number of fused-ring (bicyclic) bond motifs is 1. The van der Waals surface area contributed by atoms with Gasteiger partial charge in [-0.2, -0.15) is 0 Å². The molecule has 2 aromatic carbocycles. The Bertz CT molecular complexity index is 1110. The molecule has 0 unspecified atom stereocenters. The summed E-state index contributed by atoms with van der Waals surface area (Å²) in [7, 11) is 0. The molecule has 2 aromatic rings. The standard InChI is InChI=1S/C21H17N3O7/c1-12-6-7-14(9-17(12)24(29)30)22-10-13(8-18(22)25)21(28)31-11-23-19(26)15-4-2-3-5-16(15)20(23)27/h2-7,9,13H,8,10-11H2,1H3/t13-/m0/s1. The molecule has 0 bridgehead atoms. The number of hydrogen-bond donors (Lipinski definition) is 0. The molecule has 10 heteroatoms. The van der Waals surface area contributed by atoms with E-state index in [1.165, 1.54) is 29.2 Å². The Labute approximate surface area is 176 Å². The van der Waals surface area contributed by atoms with E-state index in [1.54, 1.807) is 25.1 Å². The Morgan fingerprint density at radius 3 is 2.39 bits per heavy atom. The summed E-state index contributed by atoms with van der Waals surface area (Å²) in [5, 5.41) is 11.2. The summed E-state index contributed by atoms with van der Waals surface area (Å²) >= 11 is 0. The van der Waals surface area contributed by atoms with E-state index in [0.717, 1.165) is 4.90 Å². The van der Waals surface area contributed by atoms with Crippen LogP contribution in [0.2, 0.25) is 0 Å². The SMILES string of the molecule is Cc1ccc(N2C[C@@H](C(=O)OCN3C(=O)c4ccccc4C3=O)CC2=O)cc1[N+](=O)[O-]. The predicted molar refractivity (Wildman–Crippen MR) is 106 cm³/mol. The first-order chi connectivity index (χ1) is 14.8. The molecular formula is C21H17N3O7. The van der Waals surface area contributed by atoms with Gasteiger partial charge in [0, 0.05) is 24.6 Å². The number of amides is 3. The Hall–Kier alpha value is -4.08. The number of benzene rings is 2. The first-order valence-corrected chi connectivity index (χ1v) is 9.45. The smallest absolute Gasteiger partial charge is 0.313 e. The Kier molecular flexibility index (Phi) is 4.97. The molecule has 0 N–H and O–H groups in total. The molecule has 4 rings (SSSR count). The van der Waals surface area contributed by atoms with Crippen molar-refractivity contribution in [3.63, 3.8) is 0 Å². The van der Waals surface area contributed by atoms with E-state index in [0.29, 0.717) is 11.3 Å². The van der Waals surface area contributed by atoms with Gasteiger partial charge in [-0.05, 0) is 25.1 Å². The summed E-state index contributed by atoms with van der Waals surface area (Å²) in [6, 6.07) is 10.7. The minimum atomic E-state index is -0.817. The molecule has 158 valence electrons. The monoisotopic (exact) mass is 423 g/mol. The van der Waals surface area contributed by atoms with Crippen LogP contribution in [0.1, 0.15) is 32.7 Å². The summed E-state index contributed by atoms with van der Waals surface area (Å²) in [6.45, 7) is 1.03. The normalized spacial score (nSPS) is 17.8. The Balaban J connectivity index is 1.42. The van der Waals surface area contributed by atoms with Crippen molar-refractivity contribution < 1.29 is 28.8 Å². The lowest BCUT2D eigenvalue weighted by Crippen LogP contribution is -2.35. The van der Waals surface area contributed by atoms with Crippen molar-refractivity contribution in [2.45, 2.75) is 13.3 Å². The molecular weight excluding hydrogens is 406 g/mol. The van der Waals surface area contributed by atoms with Crippen molar-refractivity contribution in [1.82, 2.24) is 4.90 Å². The molecule has 2 heterocycles. The van der Waals surface area contributed by atoms with Crippen LogP contribution in [-0.4, -0.2) is 46.8 Å². The van der Waals surface area contributed by atoms with Crippen LogP contribution in [0.25, 0.3) is 0 Å². The Morgan fingerprint density at radius 2 is 1.77 bits per heavy atom. The molecule has 0 spiro atoms. The lowest BCUT2D eigenvalue weighted by molar-refractivity contribution is -0.385. The molecule has 2 aliphatic rings. The van der Waals surface area contributed by atoms with Crippen molar-refractivity contribution in [2.24, 2.45) is 5.92 Å². The molecule has 0 radical (unpaired) electrons. The maximum absolute atomic E-state index is 12.5. The fraction of sp³-hybridized carbons (Fsp3) is 0.238. The van der Waals surface area contributed by atoms with Gasteiger partial charge in [0.25, 0.3) is 17.5 Å². The average Bonchev–Trinajstić information content (AvgIpc) is 3.25. The lowest BCUT2D eigenvalue weighted by atomic mass is 10.1. The summed E-state index contributed by atoms with van der Waals surface area (Å²) in [4.78, 5) is 62.3. The van der Waals surface area contributed by atoms with Gasteiger partial charge in [-0.15, -0.1) is 0 Å².